The lowest BCUT2D eigenvalue weighted by Crippen LogP contribution is -2.49. The first kappa shape index (κ1) is 18.4. The Bertz CT molecular complexity index is 1330. The number of amides is 1. The number of nitrogens with zero attached hydrogens (tertiary/aromatic N) is 3. The zero-order chi connectivity index (χ0) is 20.8. The summed E-state index contributed by atoms with van der Waals surface area (Å²) in [5, 5.41) is 0.586. The number of benzene rings is 2. The van der Waals surface area contributed by atoms with Gasteiger partial charge in [-0.25, -0.2) is 4.39 Å². The number of H-pyrrole nitrogens is 1. The lowest BCUT2D eigenvalue weighted by molar-refractivity contribution is 0.0747. The molecule has 2 aromatic carbocycles. The van der Waals surface area contributed by atoms with Crippen LogP contribution >= 0.6 is 0 Å². The maximum Gasteiger partial charge on any atom is 0.258 e. The van der Waals surface area contributed by atoms with Gasteiger partial charge >= 0.3 is 0 Å². The molecule has 1 amide bonds. The monoisotopic (exact) mass is 404 g/mol. The van der Waals surface area contributed by atoms with Gasteiger partial charge in [0, 0.05) is 38.1 Å². The minimum absolute atomic E-state index is 0.0564. The summed E-state index contributed by atoms with van der Waals surface area (Å²) in [4.78, 5) is 32.2. The van der Waals surface area contributed by atoms with Crippen molar-refractivity contribution < 1.29 is 9.18 Å². The van der Waals surface area contributed by atoms with Crippen molar-refractivity contribution in [1.82, 2.24) is 14.3 Å². The van der Waals surface area contributed by atoms with Gasteiger partial charge in [-0.05, 0) is 48.9 Å². The Morgan fingerprint density at radius 3 is 2.57 bits per heavy atom. The number of nitrogens with one attached hydrogen (secondary N) is 1. The average molecular weight is 404 g/mol. The van der Waals surface area contributed by atoms with Crippen LogP contribution in [0.25, 0.3) is 16.6 Å². The van der Waals surface area contributed by atoms with Crippen molar-refractivity contribution >= 4 is 28.1 Å². The Morgan fingerprint density at radius 1 is 1.03 bits per heavy atom. The summed E-state index contributed by atoms with van der Waals surface area (Å²) in [5.41, 5.74) is 3.65. The number of halogens is 1. The number of aromatic nitrogens is 2. The second-order valence-electron chi connectivity index (χ2n) is 7.67. The van der Waals surface area contributed by atoms with Crippen LogP contribution in [0.3, 0.4) is 0 Å². The fourth-order valence-corrected chi connectivity index (χ4v) is 4.24. The number of para-hydroxylation sites is 1. The summed E-state index contributed by atoms with van der Waals surface area (Å²) < 4.78 is 15.2. The van der Waals surface area contributed by atoms with Crippen LogP contribution in [-0.4, -0.2) is 46.4 Å². The highest BCUT2D eigenvalue weighted by molar-refractivity contribution is 5.96. The third kappa shape index (κ3) is 3.03. The van der Waals surface area contributed by atoms with Crippen molar-refractivity contribution in [3.05, 3.63) is 82.0 Å². The molecule has 0 bridgehead atoms. The van der Waals surface area contributed by atoms with E-state index in [0.717, 1.165) is 16.8 Å². The van der Waals surface area contributed by atoms with Crippen molar-refractivity contribution in [2.75, 3.05) is 31.1 Å². The number of anilines is 1. The number of carbonyl (C=O) groups is 1. The molecule has 6 nitrogen and oxygen atoms in total. The van der Waals surface area contributed by atoms with Crippen LogP contribution in [0.2, 0.25) is 0 Å². The quantitative estimate of drug-likeness (QED) is 0.558. The summed E-state index contributed by atoms with van der Waals surface area (Å²) in [5.74, 6) is -0.296. The minimum atomic E-state index is -0.239. The van der Waals surface area contributed by atoms with Crippen molar-refractivity contribution in [3.8, 4) is 0 Å². The molecule has 1 saturated heterocycles. The maximum absolute atomic E-state index is 13.4. The Hall–Kier alpha value is -3.61. The van der Waals surface area contributed by atoms with Crippen LogP contribution in [0.5, 0.6) is 0 Å². The van der Waals surface area contributed by atoms with Crippen LogP contribution in [-0.2, 0) is 0 Å². The number of hydrogen-bond acceptors (Lipinski definition) is 3. The molecule has 0 saturated carbocycles. The standard InChI is InChI=1S/C23H21FN4O2/c1-15-12-17(24)6-7-19(15)26-8-10-27(11-9-26)23(30)16-13-21-25-22(29)18-4-2-3-5-20(18)28(21)14-16/h2-7,12-14H,8-11H2,1H3,(H,25,29). The number of fused-ring (bicyclic) bond motifs is 3. The lowest BCUT2D eigenvalue weighted by atomic mass is 10.1. The van der Waals surface area contributed by atoms with Gasteiger partial charge in [-0.2, -0.15) is 0 Å². The molecule has 0 aliphatic carbocycles. The topological polar surface area (TPSA) is 60.8 Å². The van der Waals surface area contributed by atoms with Crippen molar-refractivity contribution in [2.45, 2.75) is 6.92 Å². The molecule has 1 N–H and O–H groups in total. The van der Waals surface area contributed by atoms with E-state index in [1.165, 1.54) is 12.1 Å². The van der Waals surface area contributed by atoms with Crippen LogP contribution in [0.15, 0.2) is 59.5 Å². The average Bonchev–Trinajstić information content (AvgIpc) is 3.18. The number of aromatic amines is 1. The molecule has 3 heterocycles. The van der Waals surface area contributed by atoms with E-state index < -0.39 is 0 Å². The highest BCUT2D eigenvalue weighted by Crippen LogP contribution is 2.23. The highest BCUT2D eigenvalue weighted by Gasteiger charge is 2.24. The predicted molar refractivity (Wildman–Crippen MR) is 115 cm³/mol. The molecule has 152 valence electrons. The second-order valence-corrected chi connectivity index (χ2v) is 7.67. The van der Waals surface area contributed by atoms with E-state index in [9.17, 15) is 14.0 Å². The Morgan fingerprint density at radius 2 is 1.80 bits per heavy atom. The number of rotatable bonds is 2. The van der Waals surface area contributed by atoms with E-state index in [-0.39, 0.29) is 17.3 Å². The normalized spacial score (nSPS) is 14.6. The number of aryl methyl sites for hydroxylation is 1. The third-order valence-corrected chi connectivity index (χ3v) is 5.78. The first-order valence-corrected chi connectivity index (χ1v) is 9.95. The third-order valence-electron chi connectivity index (χ3n) is 5.78. The summed E-state index contributed by atoms with van der Waals surface area (Å²) in [7, 11) is 0. The molecule has 0 unspecified atom stereocenters. The minimum Gasteiger partial charge on any atom is -0.368 e. The Balaban J connectivity index is 1.39. The van der Waals surface area contributed by atoms with Gasteiger partial charge in [0.05, 0.1) is 16.5 Å². The Labute approximate surface area is 172 Å². The predicted octanol–water partition coefficient (Wildman–Crippen LogP) is 3.19. The van der Waals surface area contributed by atoms with Gasteiger partial charge in [0.15, 0.2) is 0 Å². The van der Waals surface area contributed by atoms with Gasteiger partial charge in [-0.15, -0.1) is 0 Å². The molecule has 1 aliphatic heterocycles. The van der Waals surface area contributed by atoms with E-state index in [2.05, 4.69) is 9.88 Å². The Kier molecular flexibility index (Phi) is 4.31. The van der Waals surface area contributed by atoms with Crippen molar-refractivity contribution in [3.63, 3.8) is 0 Å². The maximum atomic E-state index is 13.4. The molecule has 5 rings (SSSR count). The first-order valence-electron chi connectivity index (χ1n) is 9.95. The van der Waals surface area contributed by atoms with Gasteiger partial charge < -0.3 is 19.2 Å². The molecule has 1 aliphatic rings. The number of carbonyl (C=O) groups excluding carboxylic acids is 1. The van der Waals surface area contributed by atoms with E-state index in [0.29, 0.717) is 42.8 Å². The smallest absolute Gasteiger partial charge is 0.258 e. The first-order chi connectivity index (χ1) is 14.5. The largest absolute Gasteiger partial charge is 0.368 e. The molecule has 2 aromatic heterocycles. The van der Waals surface area contributed by atoms with Gasteiger partial charge in [-0.3, -0.25) is 9.59 Å². The molecular formula is C23H21FN4O2. The van der Waals surface area contributed by atoms with Crippen LogP contribution in [0, 0.1) is 12.7 Å². The van der Waals surface area contributed by atoms with Gasteiger partial charge in [0.1, 0.15) is 11.5 Å². The molecule has 7 heteroatoms. The number of hydrogen-bond donors (Lipinski definition) is 1. The second kappa shape index (κ2) is 7.02. The van der Waals surface area contributed by atoms with E-state index in [1.54, 1.807) is 24.4 Å². The fraction of sp³-hybridized carbons (Fsp3) is 0.217. The molecular weight excluding hydrogens is 383 g/mol. The molecule has 0 atom stereocenters. The van der Waals surface area contributed by atoms with Crippen LogP contribution in [0.1, 0.15) is 15.9 Å². The lowest BCUT2D eigenvalue weighted by Gasteiger charge is -2.36. The van der Waals surface area contributed by atoms with E-state index in [4.69, 9.17) is 0 Å². The molecule has 1 fully saturated rings. The van der Waals surface area contributed by atoms with Crippen LogP contribution < -0.4 is 10.5 Å². The zero-order valence-electron chi connectivity index (χ0n) is 16.6. The van der Waals surface area contributed by atoms with Gasteiger partial charge in [0.2, 0.25) is 0 Å². The summed E-state index contributed by atoms with van der Waals surface area (Å²) >= 11 is 0. The molecule has 0 spiro atoms. The molecule has 4 aromatic rings. The fourth-order valence-electron chi connectivity index (χ4n) is 4.24. The summed E-state index contributed by atoms with van der Waals surface area (Å²) in [6.45, 7) is 4.43. The summed E-state index contributed by atoms with van der Waals surface area (Å²) in [6.07, 6.45) is 1.78. The van der Waals surface area contributed by atoms with Gasteiger partial charge in [0.25, 0.3) is 11.5 Å². The molecule has 0 radical (unpaired) electrons. The van der Waals surface area contributed by atoms with E-state index in [1.807, 2.05) is 34.4 Å². The highest BCUT2D eigenvalue weighted by atomic mass is 19.1. The van der Waals surface area contributed by atoms with E-state index >= 15 is 0 Å². The number of piperazine rings is 1. The van der Waals surface area contributed by atoms with Crippen LogP contribution in [0.4, 0.5) is 10.1 Å². The molecule has 30 heavy (non-hydrogen) atoms. The van der Waals surface area contributed by atoms with Crippen molar-refractivity contribution in [2.24, 2.45) is 0 Å². The SMILES string of the molecule is Cc1cc(F)ccc1N1CCN(C(=O)c2cc3[nH]c(=O)c4ccccc4n3c2)CC1. The zero-order valence-corrected chi connectivity index (χ0v) is 16.6. The van der Waals surface area contributed by atoms with Crippen molar-refractivity contribution in [1.29, 1.82) is 0 Å². The summed E-state index contributed by atoms with van der Waals surface area (Å²) in [6, 6.07) is 13.9. The van der Waals surface area contributed by atoms with Gasteiger partial charge in [-0.1, -0.05) is 12.1 Å².